The van der Waals surface area contributed by atoms with Crippen molar-refractivity contribution in [3.8, 4) is 0 Å². The van der Waals surface area contributed by atoms with Gasteiger partial charge in [0.25, 0.3) is 11.4 Å². The van der Waals surface area contributed by atoms with Crippen LogP contribution in [0.3, 0.4) is 0 Å². The van der Waals surface area contributed by atoms with Crippen molar-refractivity contribution in [2.24, 2.45) is 0 Å². The Balaban J connectivity index is 2.75. The SMILES string of the molecule is Cc1c([N+](=O)[O-])cccc1S(=O)(=O)c1cccc([N+](=O)[O-])c1C. The zero-order valence-electron chi connectivity index (χ0n) is 12.2. The van der Waals surface area contributed by atoms with Crippen molar-refractivity contribution in [3.63, 3.8) is 0 Å². The van der Waals surface area contributed by atoms with Crippen molar-refractivity contribution in [1.29, 1.82) is 0 Å². The highest BCUT2D eigenvalue weighted by molar-refractivity contribution is 7.91. The van der Waals surface area contributed by atoms with Crippen molar-refractivity contribution in [2.45, 2.75) is 23.6 Å². The highest BCUT2D eigenvalue weighted by atomic mass is 32.2. The summed E-state index contributed by atoms with van der Waals surface area (Å²) in [6.07, 6.45) is 0. The Morgan fingerprint density at radius 3 is 1.43 bits per heavy atom. The van der Waals surface area contributed by atoms with Gasteiger partial charge in [-0.2, -0.15) is 0 Å². The Hall–Kier alpha value is -2.81. The predicted octanol–water partition coefficient (Wildman–Crippen LogP) is 2.95. The molecule has 0 bridgehead atoms. The lowest BCUT2D eigenvalue weighted by Crippen LogP contribution is -2.08. The van der Waals surface area contributed by atoms with Gasteiger partial charge in [0.2, 0.25) is 9.84 Å². The first-order chi connectivity index (χ1) is 10.7. The molecular weight excluding hydrogens is 324 g/mol. The van der Waals surface area contributed by atoms with Crippen molar-refractivity contribution < 1.29 is 18.3 Å². The summed E-state index contributed by atoms with van der Waals surface area (Å²) in [5, 5.41) is 21.9. The van der Waals surface area contributed by atoms with E-state index < -0.39 is 19.7 Å². The maximum atomic E-state index is 12.8. The maximum absolute atomic E-state index is 12.8. The normalized spacial score (nSPS) is 11.2. The van der Waals surface area contributed by atoms with Crippen LogP contribution in [0.15, 0.2) is 46.2 Å². The van der Waals surface area contributed by atoms with Gasteiger partial charge in [0.15, 0.2) is 0 Å². The average Bonchev–Trinajstić information content (AvgIpc) is 2.46. The molecule has 0 unspecified atom stereocenters. The minimum atomic E-state index is -4.12. The molecule has 9 heteroatoms. The molecule has 0 aromatic heterocycles. The van der Waals surface area contributed by atoms with Crippen LogP contribution in [0.5, 0.6) is 0 Å². The van der Waals surface area contributed by atoms with E-state index in [4.69, 9.17) is 0 Å². The molecule has 2 rings (SSSR count). The van der Waals surface area contributed by atoms with Gasteiger partial charge in [0.05, 0.1) is 19.6 Å². The molecule has 2 aromatic rings. The number of hydrogen-bond acceptors (Lipinski definition) is 6. The van der Waals surface area contributed by atoms with Crippen LogP contribution in [0.2, 0.25) is 0 Å². The second-order valence-electron chi connectivity index (χ2n) is 4.82. The Morgan fingerprint density at radius 1 is 0.783 bits per heavy atom. The standard InChI is InChI=1S/C14H12N2O6S/c1-9-11(15(17)18)5-3-7-13(9)23(21,22)14-8-4-6-12(10(14)2)16(19)20/h3-8H,1-2H3. The third kappa shape index (κ3) is 2.78. The van der Waals surface area contributed by atoms with Gasteiger partial charge in [-0.25, -0.2) is 8.42 Å². The Bertz CT molecular complexity index is 851. The first-order valence-corrected chi connectivity index (χ1v) is 7.89. The topological polar surface area (TPSA) is 120 Å². The highest BCUT2D eigenvalue weighted by Crippen LogP contribution is 2.33. The van der Waals surface area contributed by atoms with E-state index in [1.165, 1.54) is 50.2 Å². The van der Waals surface area contributed by atoms with Gasteiger partial charge in [-0.15, -0.1) is 0 Å². The molecule has 0 aliphatic heterocycles. The molecule has 0 aliphatic rings. The summed E-state index contributed by atoms with van der Waals surface area (Å²) in [6.45, 7) is 2.66. The van der Waals surface area contributed by atoms with E-state index in [1.807, 2.05) is 0 Å². The van der Waals surface area contributed by atoms with Crippen molar-refractivity contribution in [2.75, 3.05) is 0 Å². The fraction of sp³-hybridized carbons (Fsp3) is 0.143. The summed E-state index contributed by atoms with van der Waals surface area (Å²) in [5.74, 6) is 0. The monoisotopic (exact) mass is 336 g/mol. The maximum Gasteiger partial charge on any atom is 0.273 e. The van der Waals surface area contributed by atoms with Crippen molar-refractivity contribution in [1.82, 2.24) is 0 Å². The quantitative estimate of drug-likeness (QED) is 0.625. The molecule has 0 spiro atoms. The lowest BCUT2D eigenvalue weighted by atomic mass is 10.2. The summed E-state index contributed by atoms with van der Waals surface area (Å²) >= 11 is 0. The molecule has 8 nitrogen and oxygen atoms in total. The third-order valence-corrected chi connectivity index (χ3v) is 5.53. The van der Waals surface area contributed by atoms with Crippen LogP contribution in [-0.4, -0.2) is 18.3 Å². The molecule has 0 saturated heterocycles. The van der Waals surface area contributed by atoms with E-state index >= 15 is 0 Å². The third-order valence-electron chi connectivity index (χ3n) is 3.48. The van der Waals surface area contributed by atoms with Gasteiger partial charge >= 0.3 is 0 Å². The van der Waals surface area contributed by atoms with Crippen LogP contribution in [-0.2, 0) is 9.84 Å². The summed E-state index contributed by atoms with van der Waals surface area (Å²) in [5.41, 5.74) is -0.671. The Kier molecular flexibility index (Phi) is 4.15. The molecule has 0 fully saturated rings. The van der Waals surface area contributed by atoms with Crippen LogP contribution >= 0.6 is 0 Å². The molecule has 2 aromatic carbocycles. The average molecular weight is 336 g/mol. The van der Waals surface area contributed by atoms with E-state index in [0.29, 0.717) is 0 Å². The highest BCUT2D eigenvalue weighted by Gasteiger charge is 2.28. The zero-order valence-corrected chi connectivity index (χ0v) is 13.0. The first-order valence-electron chi connectivity index (χ1n) is 6.41. The molecule has 23 heavy (non-hydrogen) atoms. The minimum absolute atomic E-state index is 0.0107. The van der Waals surface area contributed by atoms with Crippen molar-refractivity contribution in [3.05, 3.63) is 67.8 Å². The van der Waals surface area contributed by atoms with E-state index in [0.717, 1.165) is 0 Å². The zero-order chi connectivity index (χ0) is 17.4. The minimum Gasteiger partial charge on any atom is -0.258 e. The first kappa shape index (κ1) is 16.6. The van der Waals surface area contributed by atoms with Gasteiger partial charge < -0.3 is 0 Å². The van der Waals surface area contributed by atoms with Gasteiger partial charge in [0, 0.05) is 23.3 Å². The molecule has 0 atom stereocenters. The molecule has 0 radical (unpaired) electrons. The number of nitrogens with zero attached hydrogens (tertiary/aromatic N) is 2. The summed E-state index contributed by atoms with van der Waals surface area (Å²) < 4.78 is 25.6. The number of hydrogen-bond donors (Lipinski definition) is 0. The molecule has 120 valence electrons. The van der Waals surface area contributed by atoms with E-state index in [2.05, 4.69) is 0 Å². The molecule has 0 aliphatic carbocycles. The number of nitro benzene ring substituents is 2. The molecule has 0 heterocycles. The largest absolute Gasteiger partial charge is 0.273 e. The summed E-state index contributed by atoms with van der Waals surface area (Å²) in [6, 6.07) is 7.44. The molecule has 0 N–H and O–H groups in total. The fourth-order valence-electron chi connectivity index (χ4n) is 2.30. The fourth-order valence-corrected chi connectivity index (χ4v) is 4.07. The van der Waals surface area contributed by atoms with E-state index in [9.17, 15) is 28.6 Å². The summed E-state index contributed by atoms with van der Waals surface area (Å²) in [7, 11) is -4.12. The van der Waals surface area contributed by atoms with Gasteiger partial charge in [-0.3, -0.25) is 20.2 Å². The number of sulfone groups is 1. The molecular formula is C14H12N2O6S. The predicted molar refractivity (Wildman–Crippen MR) is 81.1 cm³/mol. The van der Waals surface area contributed by atoms with Gasteiger partial charge in [-0.1, -0.05) is 12.1 Å². The van der Waals surface area contributed by atoms with Crippen LogP contribution < -0.4 is 0 Å². The van der Waals surface area contributed by atoms with Crippen LogP contribution in [0, 0.1) is 34.1 Å². The summed E-state index contributed by atoms with van der Waals surface area (Å²) in [4.78, 5) is 20.1. The van der Waals surface area contributed by atoms with E-state index in [1.54, 1.807) is 0 Å². The molecule has 0 saturated carbocycles. The smallest absolute Gasteiger partial charge is 0.258 e. The molecule has 0 amide bonds. The van der Waals surface area contributed by atoms with Crippen molar-refractivity contribution >= 4 is 21.2 Å². The van der Waals surface area contributed by atoms with Gasteiger partial charge in [-0.05, 0) is 26.0 Å². The number of nitro groups is 2. The number of rotatable bonds is 4. The van der Waals surface area contributed by atoms with E-state index in [-0.39, 0.29) is 32.3 Å². The van der Waals surface area contributed by atoms with Crippen LogP contribution in [0.4, 0.5) is 11.4 Å². The lowest BCUT2D eigenvalue weighted by molar-refractivity contribution is -0.385. The number of benzene rings is 2. The second-order valence-corrected chi connectivity index (χ2v) is 6.70. The van der Waals surface area contributed by atoms with Crippen LogP contribution in [0.25, 0.3) is 0 Å². The lowest BCUT2D eigenvalue weighted by Gasteiger charge is -2.10. The Morgan fingerprint density at radius 2 is 1.13 bits per heavy atom. The second kappa shape index (κ2) is 5.76. The Labute approximate surface area is 131 Å². The van der Waals surface area contributed by atoms with Crippen LogP contribution in [0.1, 0.15) is 11.1 Å². The van der Waals surface area contributed by atoms with Gasteiger partial charge in [0.1, 0.15) is 0 Å².